The first-order chi connectivity index (χ1) is 20.3. The number of rotatable bonds is 5. The predicted molar refractivity (Wildman–Crippen MR) is 155 cm³/mol. The van der Waals surface area contributed by atoms with Crippen molar-refractivity contribution in [1.82, 2.24) is 19.9 Å². The predicted octanol–water partition coefficient (Wildman–Crippen LogP) is 5.12. The molecular weight excluding hydrogens is 564 g/mol. The lowest BCUT2D eigenvalue weighted by Gasteiger charge is -2.34. The van der Waals surface area contributed by atoms with E-state index in [2.05, 4.69) is 19.8 Å². The normalized spacial score (nSPS) is 28.8. The number of alkyl halides is 1. The summed E-state index contributed by atoms with van der Waals surface area (Å²) in [5.41, 5.74) is -0.0200. The minimum Gasteiger partial charge on any atom is -0.508 e. The van der Waals surface area contributed by atoms with E-state index in [1.807, 2.05) is 0 Å². The summed E-state index contributed by atoms with van der Waals surface area (Å²) < 4.78 is 37.2. The van der Waals surface area contributed by atoms with Crippen molar-refractivity contribution in [2.45, 2.75) is 43.5 Å². The number of nitrogens with zero attached hydrogens (tertiary/aromatic N) is 5. The van der Waals surface area contributed by atoms with E-state index in [9.17, 15) is 14.6 Å². The summed E-state index contributed by atoms with van der Waals surface area (Å²) in [5.74, 6) is 0.272. The number of aromatic nitrogens is 3. The largest absolute Gasteiger partial charge is 0.508 e. The van der Waals surface area contributed by atoms with Crippen LogP contribution in [0.5, 0.6) is 11.8 Å². The SMILES string of the molecule is Oc1cc(-c2ncc3c(N4CC5C[C@@H](O)C5C4)nc(OC[C@@]45CCCN4CC(F)C5)nc3c2F)c2c(Cl)cccc2c1. The Morgan fingerprint density at radius 2 is 2.05 bits per heavy atom. The maximum absolute atomic E-state index is 16.6. The van der Waals surface area contributed by atoms with Gasteiger partial charge in [-0.2, -0.15) is 9.97 Å². The van der Waals surface area contributed by atoms with Gasteiger partial charge in [-0.25, -0.2) is 8.78 Å². The van der Waals surface area contributed by atoms with Gasteiger partial charge in [-0.3, -0.25) is 9.88 Å². The Balaban J connectivity index is 1.25. The lowest BCUT2D eigenvalue weighted by atomic mass is 9.74. The smallest absolute Gasteiger partial charge is 0.319 e. The first kappa shape index (κ1) is 26.3. The second kappa shape index (κ2) is 9.59. The van der Waals surface area contributed by atoms with Crippen molar-refractivity contribution in [3.63, 3.8) is 0 Å². The molecule has 5 atom stereocenters. The van der Waals surface area contributed by atoms with E-state index in [0.717, 1.165) is 25.8 Å². The first-order valence-corrected chi connectivity index (χ1v) is 14.9. The number of ether oxygens (including phenoxy) is 1. The van der Waals surface area contributed by atoms with E-state index < -0.39 is 17.5 Å². The summed E-state index contributed by atoms with van der Waals surface area (Å²) in [6, 6.07) is 8.32. The number of phenols is 1. The van der Waals surface area contributed by atoms with Gasteiger partial charge in [0.1, 0.15) is 35.6 Å². The maximum atomic E-state index is 16.6. The second-order valence-corrected chi connectivity index (χ2v) is 12.7. The van der Waals surface area contributed by atoms with Crippen LogP contribution in [0, 0.1) is 17.7 Å². The van der Waals surface area contributed by atoms with E-state index in [1.165, 1.54) is 6.07 Å². The van der Waals surface area contributed by atoms with Crippen LogP contribution in [0.1, 0.15) is 25.7 Å². The molecule has 2 aromatic heterocycles. The third-order valence-electron chi connectivity index (χ3n) is 9.87. The maximum Gasteiger partial charge on any atom is 0.319 e. The van der Waals surface area contributed by atoms with Gasteiger partial charge < -0.3 is 19.8 Å². The molecule has 0 radical (unpaired) electrons. The highest BCUT2D eigenvalue weighted by atomic mass is 35.5. The van der Waals surface area contributed by atoms with Crippen molar-refractivity contribution >= 4 is 39.1 Å². The molecule has 2 aromatic carbocycles. The van der Waals surface area contributed by atoms with Gasteiger partial charge in [0.25, 0.3) is 0 Å². The number of halogens is 3. The quantitative estimate of drug-likeness (QED) is 0.330. The highest BCUT2D eigenvalue weighted by Crippen LogP contribution is 2.45. The minimum absolute atomic E-state index is 0.000592. The summed E-state index contributed by atoms with van der Waals surface area (Å²) in [7, 11) is 0. The third kappa shape index (κ3) is 4.02. The zero-order valence-electron chi connectivity index (χ0n) is 22.8. The number of anilines is 1. The number of phenolic OH excluding ortho intramolecular Hbond substituents is 1. The number of pyridine rings is 1. The summed E-state index contributed by atoms with van der Waals surface area (Å²) in [5, 5.41) is 22.8. The summed E-state index contributed by atoms with van der Waals surface area (Å²) in [6.07, 6.45) is 3.24. The molecular formula is C31H30ClF2N5O3. The molecule has 11 heteroatoms. The van der Waals surface area contributed by atoms with Crippen LogP contribution in [0.3, 0.4) is 0 Å². The van der Waals surface area contributed by atoms with Crippen molar-refractivity contribution in [3.05, 3.63) is 47.4 Å². The van der Waals surface area contributed by atoms with Gasteiger partial charge in [0.15, 0.2) is 5.82 Å². The minimum atomic E-state index is -0.900. The molecule has 0 amide bonds. The Kier molecular flexibility index (Phi) is 6.00. The Morgan fingerprint density at radius 3 is 2.88 bits per heavy atom. The standard InChI is InChI=1S/C31H30ClF2N5O3/c32-23-4-1-3-16-7-19(40)9-20(25(16)23)27-26(34)28-21(11-35-27)29(38-12-17-8-24(41)22(17)14-38)37-30(36-28)42-15-31-5-2-6-39(31)13-18(33)10-31/h1,3-4,7,9,11,17-18,22,24,40-41H,2,5-6,8,10,12-15H2/t17?,18?,22?,24-,31+/m1/s1. The van der Waals surface area contributed by atoms with E-state index >= 15 is 4.39 Å². The number of fused-ring (bicyclic) bond motifs is 4. The van der Waals surface area contributed by atoms with Crippen molar-refractivity contribution in [2.75, 3.05) is 37.7 Å². The van der Waals surface area contributed by atoms with E-state index in [1.54, 1.807) is 30.5 Å². The highest BCUT2D eigenvalue weighted by Gasteiger charge is 2.50. The van der Waals surface area contributed by atoms with Crippen molar-refractivity contribution in [2.24, 2.45) is 11.8 Å². The van der Waals surface area contributed by atoms with Gasteiger partial charge in [0.05, 0.1) is 17.0 Å². The molecule has 0 spiro atoms. The Morgan fingerprint density at radius 1 is 1.17 bits per heavy atom. The van der Waals surface area contributed by atoms with E-state index in [0.29, 0.717) is 64.5 Å². The van der Waals surface area contributed by atoms with Gasteiger partial charge in [0, 0.05) is 54.1 Å². The van der Waals surface area contributed by atoms with E-state index in [4.69, 9.17) is 21.3 Å². The summed E-state index contributed by atoms with van der Waals surface area (Å²) in [4.78, 5) is 18.0. The van der Waals surface area contributed by atoms with Crippen molar-refractivity contribution in [3.8, 4) is 23.0 Å². The fraction of sp³-hybridized carbons (Fsp3) is 0.452. The fourth-order valence-electron chi connectivity index (χ4n) is 7.76. The molecule has 8 rings (SSSR count). The molecule has 1 saturated carbocycles. The molecule has 0 bridgehead atoms. The van der Waals surface area contributed by atoms with Gasteiger partial charge in [-0.1, -0.05) is 23.7 Å². The van der Waals surface area contributed by atoms with Crippen LogP contribution in [0.2, 0.25) is 5.02 Å². The van der Waals surface area contributed by atoms with E-state index in [-0.39, 0.29) is 41.6 Å². The molecule has 4 aromatic rings. The molecule has 4 fully saturated rings. The molecule has 5 heterocycles. The lowest BCUT2D eigenvalue weighted by Crippen LogP contribution is -2.43. The Labute approximate surface area is 245 Å². The van der Waals surface area contributed by atoms with Gasteiger partial charge >= 0.3 is 6.01 Å². The van der Waals surface area contributed by atoms with Gasteiger partial charge in [-0.05, 0) is 55.3 Å². The molecule has 1 aliphatic carbocycles. The van der Waals surface area contributed by atoms with Crippen LogP contribution in [0.15, 0.2) is 36.5 Å². The van der Waals surface area contributed by atoms with Gasteiger partial charge in [0.2, 0.25) is 0 Å². The number of aliphatic hydroxyl groups is 1. The zero-order chi connectivity index (χ0) is 28.7. The molecule has 3 aliphatic heterocycles. The molecule has 42 heavy (non-hydrogen) atoms. The monoisotopic (exact) mass is 593 g/mol. The number of hydrogen-bond donors (Lipinski definition) is 2. The molecule has 3 saturated heterocycles. The summed E-state index contributed by atoms with van der Waals surface area (Å²) >= 11 is 6.54. The molecule has 3 unspecified atom stereocenters. The Bertz CT molecular complexity index is 1740. The van der Waals surface area contributed by atoms with Crippen LogP contribution in [0.4, 0.5) is 14.6 Å². The first-order valence-electron chi connectivity index (χ1n) is 14.5. The second-order valence-electron chi connectivity index (χ2n) is 12.3. The van der Waals surface area contributed by atoms with Crippen LogP contribution in [-0.4, -0.2) is 80.7 Å². The van der Waals surface area contributed by atoms with Crippen LogP contribution in [-0.2, 0) is 0 Å². The molecule has 8 nitrogen and oxygen atoms in total. The lowest BCUT2D eigenvalue weighted by molar-refractivity contribution is -0.00399. The zero-order valence-corrected chi connectivity index (χ0v) is 23.6. The van der Waals surface area contributed by atoms with Crippen LogP contribution in [0.25, 0.3) is 32.9 Å². The van der Waals surface area contributed by atoms with Crippen LogP contribution >= 0.6 is 11.6 Å². The molecule has 218 valence electrons. The molecule has 4 aliphatic rings. The van der Waals surface area contributed by atoms with Crippen molar-refractivity contribution < 1.29 is 23.7 Å². The van der Waals surface area contributed by atoms with Gasteiger partial charge in [-0.15, -0.1) is 0 Å². The average molecular weight is 594 g/mol. The summed E-state index contributed by atoms with van der Waals surface area (Å²) in [6.45, 7) is 2.72. The topological polar surface area (TPSA) is 94.8 Å². The number of aromatic hydroxyl groups is 1. The molecule has 2 N–H and O–H groups in total. The van der Waals surface area contributed by atoms with Crippen molar-refractivity contribution in [1.29, 1.82) is 0 Å². The third-order valence-corrected chi connectivity index (χ3v) is 10.2. The number of benzene rings is 2. The van der Waals surface area contributed by atoms with Crippen LogP contribution < -0.4 is 9.64 Å². The average Bonchev–Trinajstić information content (AvgIpc) is 3.61. The fourth-order valence-corrected chi connectivity index (χ4v) is 8.04. The number of hydrogen-bond acceptors (Lipinski definition) is 8. The number of aliphatic hydroxyl groups excluding tert-OH is 1. The highest BCUT2D eigenvalue weighted by molar-refractivity contribution is 6.36. The Hall–Kier alpha value is -3.34.